The van der Waals surface area contributed by atoms with Crippen LogP contribution in [0.5, 0.6) is 0 Å². The van der Waals surface area contributed by atoms with E-state index in [-0.39, 0.29) is 25.7 Å². The lowest BCUT2D eigenvalue weighted by Crippen LogP contribution is -2.48. The molecule has 0 bridgehead atoms. The van der Waals surface area contributed by atoms with Gasteiger partial charge < -0.3 is 18.9 Å². The second-order valence-corrected chi connectivity index (χ2v) is 20.8. The van der Waals surface area contributed by atoms with Crippen molar-refractivity contribution in [2.45, 2.75) is 291 Å². The molecule has 0 aromatic heterocycles. The fourth-order valence-corrected chi connectivity index (χ4v) is 8.44. The monoisotopic (exact) mass is 1120 g/mol. The summed E-state index contributed by atoms with van der Waals surface area (Å²) in [5.74, 6) is -3.05. The molecule has 0 atom stereocenters. The zero-order valence-electron chi connectivity index (χ0n) is 51.9. The zero-order chi connectivity index (χ0) is 58.9. The molecule has 0 aliphatic carbocycles. The Morgan fingerprint density at radius 1 is 0.222 bits per heavy atom. The second kappa shape index (κ2) is 62.4. The maximum atomic E-state index is 13.6. The van der Waals surface area contributed by atoms with Gasteiger partial charge in [-0.25, -0.2) is 0 Å². The summed E-state index contributed by atoms with van der Waals surface area (Å²) in [7, 11) is 0. The number of rotatable bonds is 56. The Kier molecular flexibility index (Phi) is 58.3. The first kappa shape index (κ1) is 75.8. The molecule has 0 aromatic rings. The lowest BCUT2D eigenvalue weighted by molar-refractivity contribution is -0.432. The summed E-state index contributed by atoms with van der Waals surface area (Å²) in [6, 6.07) is 0. The van der Waals surface area contributed by atoms with Crippen LogP contribution in [0.3, 0.4) is 0 Å². The molecule has 456 valence electrons. The van der Waals surface area contributed by atoms with Crippen LogP contribution in [0.15, 0.2) is 146 Å². The highest BCUT2D eigenvalue weighted by Gasteiger charge is 2.49. The normalized spacial score (nSPS) is 12.8. The molecule has 0 unspecified atom stereocenters. The van der Waals surface area contributed by atoms with Gasteiger partial charge in [0.05, 0.1) is 0 Å². The van der Waals surface area contributed by atoms with Crippen LogP contribution in [0.25, 0.3) is 0 Å². The van der Waals surface area contributed by atoms with Gasteiger partial charge in [-0.1, -0.05) is 251 Å². The molecule has 0 N–H and O–H groups in total. The summed E-state index contributed by atoms with van der Waals surface area (Å²) in [4.78, 5) is 54.5. The number of hydrogen-bond acceptors (Lipinski definition) is 8. The molecule has 0 saturated heterocycles. The van der Waals surface area contributed by atoms with Crippen molar-refractivity contribution in [2.24, 2.45) is 0 Å². The average Bonchev–Trinajstić information content (AvgIpc) is 3.45. The molecule has 0 saturated carbocycles. The largest absolute Gasteiger partial charge is 0.619 e. The highest BCUT2D eigenvalue weighted by Crippen LogP contribution is 2.25. The van der Waals surface area contributed by atoms with Gasteiger partial charge >= 0.3 is 30.0 Å². The number of unbranched alkanes of at least 4 members (excludes halogenated alkanes) is 20. The molecule has 0 heterocycles. The van der Waals surface area contributed by atoms with Gasteiger partial charge in [0.15, 0.2) is 0 Å². The van der Waals surface area contributed by atoms with Crippen molar-refractivity contribution in [3.63, 3.8) is 0 Å². The highest BCUT2D eigenvalue weighted by atomic mass is 17.0. The number of esters is 4. The Balaban J connectivity index is 5.70. The summed E-state index contributed by atoms with van der Waals surface area (Å²) in [5, 5.41) is 0. The predicted octanol–water partition coefficient (Wildman–Crippen LogP) is 22.1. The van der Waals surface area contributed by atoms with E-state index in [2.05, 4.69) is 174 Å². The van der Waals surface area contributed by atoms with Crippen LogP contribution >= 0.6 is 0 Å². The molecule has 0 amide bonds. The standard InChI is InChI=1S/C73H116O8/c1-5-9-13-17-21-25-29-33-37-41-45-49-53-57-61-65-69(74)78-73(79-70(75)66-62-58-54-50-46-42-38-34-30-26-22-18-14-10-6-2,80-71(76)67-63-59-55-51-47-43-39-35-31-27-23-19-15-11-7-3)81-72(77)68-64-60-56-52-48-44-40-36-32-28-24-20-16-12-8-4/h9-16,21-28,33-40H,5-8,17-20,29-32,41-68H2,1-4H3/b13-9-,14-10-,15-11-,16-12-,25-21-,26-22-,27-23-,28-24-,37-33-,38-34-,39-35-,40-36-. The van der Waals surface area contributed by atoms with Crippen LogP contribution in [0.1, 0.15) is 285 Å². The third kappa shape index (κ3) is 57.8. The van der Waals surface area contributed by atoms with Gasteiger partial charge in [0.1, 0.15) is 0 Å². The zero-order valence-corrected chi connectivity index (χ0v) is 51.9. The smallest absolute Gasteiger partial charge is 0.352 e. The van der Waals surface area contributed by atoms with Crippen LogP contribution < -0.4 is 0 Å². The van der Waals surface area contributed by atoms with E-state index < -0.39 is 30.0 Å². The van der Waals surface area contributed by atoms with Crippen LogP contribution in [0.4, 0.5) is 0 Å². The molecule has 0 rings (SSSR count). The SMILES string of the molecule is CC/C=C\C/C=C\C/C=C\CCCCCCCC(=O)OC(OC(=O)CCCCCCC/C=C\C/C=C\C/C=C\CC)(OC(=O)CCCCCCC/C=C\C/C=C\C/C=C\CC)OC(=O)CCCCCCC/C=C\C/C=C\C/C=C\CC. The summed E-state index contributed by atoms with van der Waals surface area (Å²) in [5.41, 5.74) is 0. The Bertz CT molecular complexity index is 1600. The number of allylic oxidation sites excluding steroid dienone is 24. The minimum absolute atomic E-state index is 0.0122. The summed E-state index contributed by atoms with van der Waals surface area (Å²) < 4.78 is 22.9. The Morgan fingerprint density at radius 2 is 0.383 bits per heavy atom. The minimum Gasteiger partial charge on any atom is -0.352 e. The van der Waals surface area contributed by atoms with E-state index in [9.17, 15) is 19.2 Å². The summed E-state index contributed by atoms with van der Waals surface area (Å²) in [6.45, 7) is 8.56. The van der Waals surface area contributed by atoms with E-state index in [0.717, 1.165) is 205 Å². The molecule has 0 aromatic carbocycles. The van der Waals surface area contributed by atoms with E-state index in [1.807, 2.05) is 0 Å². The van der Waals surface area contributed by atoms with Crippen molar-refractivity contribution >= 4 is 23.9 Å². The van der Waals surface area contributed by atoms with Crippen molar-refractivity contribution in [1.82, 2.24) is 0 Å². The lowest BCUT2D eigenvalue weighted by atomic mass is 10.1. The van der Waals surface area contributed by atoms with Crippen LogP contribution in [0, 0.1) is 0 Å². The van der Waals surface area contributed by atoms with Crippen LogP contribution in [-0.2, 0) is 38.1 Å². The fourth-order valence-electron chi connectivity index (χ4n) is 8.44. The van der Waals surface area contributed by atoms with Crippen molar-refractivity contribution in [1.29, 1.82) is 0 Å². The summed E-state index contributed by atoms with van der Waals surface area (Å²) >= 11 is 0. The van der Waals surface area contributed by atoms with E-state index in [4.69, 9.17) is 18.9 Å². The maximum absolute atomic E-state index is 13.6. The summed E-state index contributed by atoms with van der Waals surface area (Å²) in [6.07, 6.45) is 83.0. The van der Waals surface area contributed by atoms with Crippen molar-refractivity contribution < 1.29 is 38.1 Å². The highest BCUT2D eigenvalue weighted by molar-refractivity contribution is 5.75. The number of carbonyl (C=O) groups excluding carboxylic acids is 4. The Labute approximate surface area is 496 Å². The topological polar surface area (TPSA) is 105 Å². The molecular formula is C73H116O8. The van der Waals surface area contributed by atoms with E-state index in [1.165, 1.54) is 0 Å². The Hall–Kier alpha value is -5.24. The van der Waals surface area contributed by atoms with Gasteiger partial charge in [0.2, 0.25) is 0 Å². The van der Waals surface area contributed by atoms with Gasteiger partial charge in [0.25, 0.3) is 0 Å². The molecule has 0 radical (unpaired) electrons. The number of carbonyl (C=O) groups is 4. The van der Waals surface area contributed by atoms with Crippen LogP contribution in [0.2, 0.25) is 0 Å². The van der Waals surface area contributed by atoms with Gasteiger partial charge in [-0.15, -0.1) is 0 Å². The third-order valence-corrected chi connectivity index (χ3v) is 13.1. The van der Waals surface area contributed by atoms with Gasteiger partial charge in [0, 0.05) is 25.7 Å². The molecule has 0 spiro atoms. The van der Waals surface area contributed by atoms with E-state index in [0.29, 0.717) is 25.7 Å². The molecular weight excluding hydrogens is 1000 g/mol. The van der Waals surface area contributed by atoms with Gasteiger partial charge in [-0.05, 0) is 154 Å². The number of hydrogen-bond donors (Lipinski definition) is 0. The second-order valence-electron chi connectivity index (χ2n) is 20.8. The molecule has 8 heteroatoms. The first-order chi connectivity index (χ1) is 39.8. The molecule has 0 aliphatic rings. The predicted molar refractivity (Wildman–Crippen MR) is 344 cm³/mol. The van der Waals surface area contributed by atoms with Crippen LogP contribution in [-0.4, -0.2) is 30.0 Å². The van der Waals surface area contributed by atoms with E-state index >= 15 is 0 Å². The average molecular weight is 1120 g/mol. The third-order valence-electron chi connectivity index (χ3n) is 13.1. The Morgan fingerprint density at radius 3 is 0.580 bits per heavy atom. The first-order valence-electron chi connectivity index (χ1n) is 32.5. The molecule has 8 nitrogen and oxygen atoms in total. The quantitative estimate of drug-likeness (QED) is 0.0257. The molecule has 0 fully saturated rings. The first-order valence-corrected chi connectivity index (χ1v) is 32.5. The molecule has 0 aliphatic heterocycles. The maximum Gasteiger partial charge on any atom is 0.619 e. The van der Waals surface area contributed by atoms with Crippen molar-refractivity contribution in [3.05, 3.63) is 146 Å². The van der Waals surface area contributed by atoms with Crippen molar-refractivity contribution in [3.8, 4) is 0 Å². The van der Waals surface area contributed by atoms with E-state index in [1.54, 1.807) is 0 Å². The minimum atomic E-state index is -2.93. The number of ether oxygens (including phenoxy) is 4. The van der Waals surface area contributed by atoms with Gasteiger partial charge in [-0.2, -0.15) is 0 Å². The van der Waals surface area contributed by atoms with Gasteiger partial charge in [-0.3, -0.25) is 19.2 Å². The fraction of sp³-hybridized carbons (Fsp3) is 0.616. The molecule has 81 heavy (non-hydrogen) atoms. The lowest BCUT2D eigenvalue weighted by Gasteiger charge is -2.29. The van der Waals surface area contributed by atoms with Crippen molar-refractivity contribution in [2.75, 3.05) is 0 Å².